The Morgan fingerprint density at radius 3 is 2.40 bits per heavy atom. The van der Waals surface area contributed by atoms with E-state index in [1.165, 1.54) is 10.6 Å². The molecule has 8 heteroatoms. The van der Waals surface area contributed by atoms with E-state index in [2.05, 4.69) is 11.9 Å². The molecule has 0 aliphatic carbocycles. The zero-order chi connectivity index (χ0) is 26.3. The van der Waals surface area contributed by atoms with Crippen LogP contribution in [0.2, 0.25) is 0 Å². The number of aliphatic carboxylic acids is 1. The lowest BCUT2D eigenvalue weighted by Gasteiger charge is -2.20. The lowest BCUT2D eigenvalue weighted by atomic mass is 9.97. The molecule has 0 unspecified atom stereocenters. The molecule has 0 saturated heterocycles. The largest absolute Gasteiger partial charge is 0.478 e. The second kappa shape index (κ2) is 11.3. The predicted molar refractivity (Wildman–Crippen MR) is 137 cm³/mol. The SMILES string of the molecule is C=C(NCc1ccc2cc(C=O)n(C(=O)OC(C)(C)C)c2c1)/C(C=N)=C(\C=C/C)C(=C\C)/C(=O)O. The number of aromatic nitrogens is 1. The highest BCUT2D eigenvalue weighted by atomic mass is 16.6. The Kier molecular flexibility index (Phi) is 8.72. The van der Waals surface area contributed by atoms with Gasteiger partial charge in [0.2, 0.25) is 0 Å². The molecule has 0 amide bonds. The van der Waals surface area contributed by atoms with Crippen LogP contribution in [0.4, 0.5) is 4.79 Å². The number of allylic oxidation sites excluding steroid dienone is 4. The van der Waals surface area contributed by atoms with E-state index in [9.17, 15) is 19.5 Å². The van der Waals surface area contributed by atoms with Crippen molar-refractivity contribution in [1.29, 1.82) is 5.41 Å². The summed E-state index contributed by atoms with van der Waals surface area (Å²) in [5, 5.41) is 21.2. The highest BCUT2D eigenvalue weighted by molar-refractivity contribution is 5.98. The standard InChI is InChI=1S/C27H31N3O5/c1-7-9-22(21(8-2)25(32)33)23(14-28)17(3)29-15-18-10-11-19-13-20(16-31)30(24(19)12-18)26(34)35-27(4,5)6/h7-14,16,28-29H,3,15H2,1-2,4-6H3,(H,32,33)/b9-7-,21-8+,23-22+,28-14?. The average molecular weight is 478 g/mol. The number of hydrogen-bond donors (Lipinski definition) is 3. The maximum absolute atomic E-state index is 12.8. The quantitative estimate of drug-likeness (QED) is 0.193. The minimum absolute atomic E-state index is 0.0579. The molecule has 0 saturated carbocycles. The fourth-order valence-corrected chi connectivity index (χ4v) is 3.49. The molecule has 0 atom stereocenters. The van der Waals surface area contributed by atoms with Crippen LogP contribution in [0.1, 0.15) is 50.7 Å². The third-order valence-corrected chi connectivity index (χ3v) is 5.00. The maximum atomic E-state index is 12.8. The van der Waals surface area contributed by atoms with Crippen molar-refractivity contribution >= 4 is 35.5 Å². The number of nitrogens with one attached hydrogen (secondary N) is 2. The Morgan fingerprint density at radius 1 is 1.20 bits per heavy atom. The number of carboxylic acid groups (broad SMARTS) is 1. The fraction of sp³-hybridized carbons (Fsp3) is 0.259. The second-order valence-electron chi connectivity index (χ2n) is 8.71. The molecule has 2 rings (SSSR count). The predicted octanol–water partition coefficient (Wildman–Crippen LogP) is 5.39. The monoisotopic (exact) mass is 477 g/mol. The molecule has 1 aromatic carbocycles. The van der Waals surface area contributed by atoms with Gasteiger partial charge in [0.05, 0.1) is 16.8 Å². The van der Waals surface area contributed by atoms with Gasteiger partial charge in [0.25, 0.3) is 0 Å². The first kappa shape index (κ1) is 27.0. The Hall–Kier alpha value is -4.20. The summed E-state index contributed by atoms with van der Waals surface area (Å²) >= 11 is 0. The number of rotatable bonds is 9. The molecule has 0 radical (unpaired) electrons. The lowest BCUT2D eigenvalue weighted by Crippen LogP contribution is -2.28. The molecule has 0 bridgehead atoms. The van der Waals surface area contributed by atoms with Crippen molar-refractivity contribution in [3.8, 4) is 0 Å². The van der Waals surface area contributed by atoms with E-state index in [1.54, 1.807) is 65.0 Å². The fourth-order valence-electron chi connectivity index (χ4n) is 3.49. The minimum atomic E-state index is -1.10. The summed E-state index contributed by atoms with van der Waals surface area (Å²) < 4.78 is 6.70. The summed E-state index contributed by atoms with van der Waals surface area (Å²) in [6.45, 7) is 12.9. The third-order valence-electron chi connectivity index (χ3n) is 5.00. The number of hydrogen-bond acceptors (Lipinski definition) is 6. The lowest BCUT2D eigenvalue weighted by molar-refractivity contribution is -0.132. The Labute approximate surface area is 204 Å². The van der Waals surface area contributed by atoms with Crippen LogP contribution in [0.15, 0.2) is 71.5 Å². The zero-order valence-electron chi connectivity index (χ0n) is 20.6. The van der Waals surface area contributed by atoms with Gasteiger partial charge in [0.1, 0.15) is 5.60 Å². The van der Waals surface area contributed by atoms with Gasteiger partial charge in [0.15, 0.2) is 6.29 Å². The van der Waals surface area contributed by atoms with Crippen LogP contribution in [-0.4, -0.2) is 39.8 Å². The number of ether oxygens (including phenoxy) is 1. The molecule has 8 nitrogen and oxygen atoms in total. The van der Waals surface area contributed by atoms with Crippen molar-refractivity contribution in [2.24, 2.45) is 0 Å². The molecule has 1 aromatic heterocycles. The van der Waals surface area contributed by atoms with Gasteiger partial charge < -0.3 is 20.6 Å². The van der Waals surface area contributed by atoms with Crippen LogP contribution in [0.25, 0.3) is 10.9 Å². The molecule has 2 aromatic rings. The summed E-state index contributed by atoms with van der Waals surface area (Å²) in [6, 6.07) is 7.02. The zero-order valence-corrected chi connectivity index (χ0v) is 20.6. The molecule has 0 spiro atoms. The molecule has 0 aliphatic rings. The van der Waals surface area contributed by atoms with Crippen LogP contribution in [-0.2, 0) is 16.1 Å². The first-order valence-corrected chi connectivity index (χ1v) is 11.0. The summed E-state index contributed by atoms with van der Waals surface area (Å²) in [4.78, 5) is 36.0. The number of carboxylic acids is 1. The number of benzene rings is 1. The summed E-state index contributed by atoms with van der Waals surface area (Å²) in [5.41, 5.74) is 1.87. The van der Waals surface area contributed by atoms with E-state index in [-0.39, 0.29) is 17.8 Å². The molecule has 1 heterocycles. The molecular weight excluding hydrogens is 446 g/mol. The topological polar surface area (TPSA) is 121 Å². The van der Waals surface area contributed by atoms with Gasteiger partial charge in [-0.2, -0.15) is 0 Å². The summed E-state index contributed by atoms with van der Waals surface area (Å²) in [5.74, 6) is -1.10. The van der Waals surface area contributed by atoms with Gasteiger partial charge in [-0.1, -0.05) is 36.9 Å². The van der Waals surface area contributed by atoms with Crippen molar-refractivity contribution < 1.29 is 24.2 Å². The van der Waals surface area contributed by atoms with Crippen molar-refractivity contribution in [3.05, 3.63) is 82.7 Å². The number of carbonyl (C=O) groups excluding carboxylic acids is 2. The molecule has 0 aliphatic heterocycles. The van der Waals surface area contributed by atoms with Gasteiger partial charge in [-0.25, -0.2) is 14.2 Å². The molecule has 0 fully saturated rings. The molecule has 3 N–H and O–H groups in total. The van der Waals surface area contributed by atoms with Gasteiger partial charge in [-0.3, -0.25) is 4.79 Å². The van der Waals surface area contributed by atoms with Crippen molar-refractivity contribution in [3.63, 3.8) is 0 Å². The van der Waals surface area contributed by atoms with Crippen LogP contribution >= 0.6 is 0 Å². The number of nitrogens with zero attached hydrogens (tertiary/aromatic N) is 1. The Bertz CT molecular complexity index is 1270. The van der Waals surface area contributed by atoms with Crippen molar-refractivity contribution in [2.45, 2.75) is 46.8 Å². The maximum Gasteiger partial charge on any atom is 0.419 e. The molecular formula is C27H31N3O5. The van der Waals surface area contributed by atoms with Crippen LogP contribution in [0.3, 0.4) is 0 Å². The van der Waals surface area contributed by atoms with E-state index in [0.717, 1.165) is 11.8 Å². The molecule has 35 heavy (non-hydrogen) atoms. The minimum Gasteiger partial charge on any atom is -0.478 e. The van der Waals surface area contributed by atoms with E-state index >= 15 is 0 Å². The van der Waals surface area contributed by atoms with Gasteiger partial charge in [0, 0.05) is 29.4 Å². The Balaban J connectivity index is 2.42. The van der Waals surface area contributed by atoms with E-state index in [0.29, 0.717) is 34.0 Å². The number of aldehydes is 1. The number of carbonyl (C=O) groups is 3. The first-order valence-electron chi connectivity index (χ1n) is 11.0. The third kappa shape index (κ3) is 6.44. The van der Waals surface area contributed by atoms with Gasteiger partial charge >= 0.3 is 12.1 Å². The van der Waals surface area contributed by atoms with Crippen LogP contribution < -0.4 is 5.32 Å². The first-order chi connectivity index (χ1) is 16.5. The Morgan fingerprint density at radius 2 is 1.89 bits per heavy atom. The van der Waals surface area contributed by atoms with Crippen LogP contribution in [0, 0.1) is 5.41 Å². The summed E-state index contributed by atoms with van der Waals surface area (Å²) in [7, 11) is 0. The van der Waals surface area contributed by atoms with Gasteiger partial charge in [-0.05, 0) is 57.9 Å². The summed E-state index contributed by atoms with van der Waals surface area (Å²) in [6.07, 6.45) is 5.80. The van der Waals surface area contributed by atoms with Crippen LogP contribution in [0.5, 0.6) is 0 Å². The van der Waals surface area contributed by atoms with E-state index < -0.39 is 17.7 Å². The van der Waals surface area contributed by atoms with Crippen molar-refractivity contribution in [2.75, 3.05) is 0 Å². The second-order valence-corrected chi connectivity index (χ2v) is 8.71. The highest BCUT2D eigenvalue weighted by Crippen LogP contribution is 2.24. The van der Waals surface area contributed by atoms with Crippen molar-refractivity contribution in [1.82, 2.24) is 9.88 Å². The normalized spacial score (nSPS) is 12.9. The average Bonchev–Trinajstić information content (AvgIpc) is 3.15. The van der Waals surface area contributed by atoms with Gasteiger partial charge in [-0.15, -0.1) is 0 Å². The van der Waals surface area contributed by atoms with E-state index in [1.807, 2.05) is 6.07 Å². The molecule has 184 valence electrons. The van der Waals surface area contributed by atoms with E-state index in [4.69, 9.17) is 10.1 Å². The highest BCUT2D eigenvalue weighted by Gasteiger charge is 2.22. The smallest absolute Gasteiger partial charge is 0.419 e. The number of fused-ring (bicyclic) bond motifs is 1.